The van der Waals surface area contributed by atoms with Crippen LogP contribution in [0.1, 0.15) is 0 Å². The van der Waals surface area contributed by atoms with E-state index in [1.807, 2.05) is 0 Å². The Labute approximate surface area is 86.6 Å². The van der Waals surface area contributed by atoms with Crippen LogP contribution in [0.5, 0.6) is 11.5 Å². The maximum atomic E-state index is 11.8. The predicted molar refractivity (Wildman–Crippen MR) is 44.2 cm³/mol. The second-order valence-electron chi connectivity index (χ2n) is 2.66. The molecule has 0 saturated carbocycles. The van der Waals surface area contributed by atoms with Crippen molar-refractivity contribution in [1.29, 1.82) is 0 Å². The maximum absolute atomic E-state index is 11.8. The van der Waals surface area contributed by atoms with Gasteiger partial charge in [-0.15, -0.1) is 13.2 Å². The van der Waals surface area contributed by atoms with E-state index in [0.29, 0.717) is 6.07 Å². The summed E-state index contributed by atoms with van der Waals surface area (Å²) in [5.41, 5.74) is 5.00. The van der Waals surface area contributed by atoms with Crippen molar-refractivity contribution in [2.45, 2.75) is 13.0 Å². The van der Waals surface area contributed by atoms with Crippen molar-refractivity contribution in [3.8, 4) is 11.5 Å². The molecule has 0 fully saturated rings. The van der Waals surface area contributed by atoms with E-state index in [1.165, 1.54) is 0 Å². The number of ether oxygens (including phenoxy) is 2. The van der Waals surface area contributed by atoms with Crippen molar-refractivity contribution >= 4 is 5.69 Å². The lowest BCUT2D eigenvalue weighted by atomic mass is 10.3. The molecule has 0 aliphatic heterocycles. The van der Waals surface area contributed by atoms with E-state index in [-0.39, 0.29) is 5.69 Å². The number of hydrogen-bond acceptors (Lipinski definition) is 3. The molecule has 0 saturated heterocycles. The highest BCUT2D eigenvalue weighted by molar-refractivity contribution is 5.50. The van der Waals surface area contributed by atoms with Crippen LogP contribution in [0.15, 0.2) is 18.2 Å². The average molecular weight is 243 g/mol. The minimum atomic E-state index is -4.92. The smallest absolute Gasteiger partial charge is 0.435 e. The number of nitrogens with two attached hydrogens (primary N) is 1. The Hall–Kier alpha value is -1.73. The van der Waals surface area contributed by atoms with E-state index < -0.39 is 24.5 Å². The quantitative estimate of drug-likeness (QED) is 0.655. The van der Waals surface area contributed by atoms with E-state index >= 15 is 0 Å². The highest BCUT2D eigenvalue weighted by Crippen LogP contribution is 2.29. The molecule has 16 heavy (non-hydrogen) atoms. The summed E-state index contributed by atoms with van der Waals surface area (Å²) in [7, 11) is 0. The van der Waals surface area contributed by atoms with Crippen molar-refractivity contribution in [2.24, 2.45) is 0 Å². The van der Waals surface area contributed by atoms with Gasteiger partial charge >= 0.3 is 13.0 Å². The number of alkyl halides is 5. The third-order valence-electron chi connectivity index (χ3n) is 1.36. The Morgan fingerprint density at radius 2 is 1.62 bits per heavy atom. The molecule has 0 unspecified atom stereocenters. The van der Waals surface area contributed by atoms with Crippen LogP contribution in [-0.2, 0) is 0 Å². The number of rotatable bonds is 3. The van der Waals surface area contributed by atoms with Gasteiger partial charge in [0.25, 0.3) is 0 Å². The molecular weight excluding hydrogens is 237 g/mol. The molecule has 0 amide bonds. The zero-order chi connectivity index (χ0) is 12.3. The first-order valence-corrected chi connectivity index (χ1v) is 3.87. The Bertz CT molecular complexity index is 366. The first-order chi connectivity index (χ1) is 7.26. The molecule has 0 aliphatic carbocycles. The van der Waals surface area contributed by atoms with Gasteiger partial charge in [0, 0.05) is 23.9 Å². The number of hydrogen-bond donors (Lipinski definition) is 1. The van der Waals surface area contributed by atoms with Gasteiger partial charge in [-0.2, -0.15) is 8.78 Å². The zero-order valence-corrected chi connectivity index (χ0v) is 7.59. The summed E-state index contributed by atoms with van der Waals surface area (Å²) in [6.45, 7) is -3.15. The van der Waals surface area contributed by atoms with Gasteiger partial charge in [0.05, 0.1) is 0 Å². The lowest BCUT2D eigenvalue weighted by Gasteiger charge is -2.11. The Kier molecular flexibility index (Phi) is 3.41. The molecule has 0 aliphatic rings. The molecular formula is C8H6F5NO2. The monoisotopic (exact) mass is 243 g/mol. The van der Waals surface area contributed by atoms with Crippen LogP contribution in [0, 0.1) is 0 Å². The van der Waals surface area contributed by atoms with Crippen molar-refractivity contribution in [3.05, 3.63) is 18.2 Å². The number of nitrogen functional groups attached to an aromatic ring is 1. The summed E-state index contributed by atoms with van der Waals surface area (Å²) in [5.74, 6) is -1.22. The lowest BCUT2D eigenvalue weighted by molar-refractivity contribution is -0.274. The predicted octanol–water partition coefficient (Wildman–Crippen LogP) is 2.77. The highest BCUT2D eigenvalue weighted by Gasteiger charge is 2.31. The van der Waals surface area contributed by atoms with Crippen molar-refractivity contribution in [2.75, 3.05) is 5.73 Å². The molecule has 3 nitrogen and oxygen atoms in total. The molecule has 1 aromatic carbocycles. The molecule has 0 aromatic heterocycles. The standard InChI is InChI=1S/C8H6F5NO2/c9-7(10)15-5-1-4(14)2-6(3-5)16-8(11,12)13/h1-3,7H,14H2. The maximum Gasteiger partial charge on any atom is 0.573 e. The van der Waals surface area contributed by atoms with E-state index in [1.54, 1.807) is 0 Å². The Morgan fingerprint density at radius 1 is 1.06 bits per heavy atom. The van der Waals surface area contributed by atoms with Crippen LogP contribution in [0.4, 0.5) is 27.6 Å². The summed E-state index contributed by atoms with van der Waals surface area (Å²) >= 11 is 0. The van der Waals surface area contributed by atoms with E-state index in [9.17, 15) is 22.0 Å². The molecule has 0 bridgehead atoms. The number of halogens is 5. The lowest BCUT2D eigenvalue weighted by Crippen LogP contribution is -2.17. The topological polar surface area (TPSA) is 44.5 Å². The second kappa shape index (κ2) is 4.42. The van der Waals surface area contributed by atoms with Crippen LogP contribution in [-0.4, -0.2) is 13.0 Å². The SMILES string of the molecule is Nc1cc(OC(F)F)cc(OC(F)(F)F)c1. The molecule has 2 N–H and O–H groups in total. The molecule has 0 radical (unpaired) electrons. The largest absolute Gasteiger partial charge is 0.573 e. The van der Waals surface area contributed by atoms with E-state index in [4.69, 9.17) is 5.73 Å². The van der Waals surface area contributed by atoms with Crippen LogP contribution in [0.2, 0.25) is 0 Å². The summed E-state index contributed by atoms with van der Waals surface area (Å²) in [6.07, 6.45) is -4.92. The molecule has 0 heterocycles. The van der Waals surface area contributed by atoms with Crippen molar-refractivity contribution in [1.82, 2.24) is 0 Å². The van der Waals surface area contributed by atoms with Crippen LogP contribution >= 0.6 is 0 Å². The Balaban J connectivity index is 2.90. The number of benzene rings is 1. The summed E-state index contributed by atoms with van der Waals surface area (Å²) < 4.78 is 66.4. The fourth-order valence-electron chi connectivity index (χ4n) is 0.957. The van der Waals surface area contributed by atoms with Gasteiger partial charge in [-0.1, -0.05) is 0 Å². The molecule has 8 heteroatoms. The number of anilines is 1. The van der Waals surface area contributed by atoms with Crippen LogP contribution < -0.4 is 15.2 Å². The zero-order valence-electron chi connectivity index (χ0n) is 7.59. The van der Waals surface area contributed by atoms with Gasteiger partial charge in [-0.25, -0.2) is 0 Å². The summed E-state index contributed by atoms with van der Waals surface area (Å²) in [5, 5.41) is 0. The van der Waals surface area contributed by atoms with Gasteiger partial charge in [0.1, 0.15) is 11.5 Å². The third-order valence-corrected chi connectivity index (χ3v) is 1.36. The third kappa shape index (κ3) is 4.20. The van der Waals surface area contributed by atoms with Gasteiger partial charge in [-0.3, -0.25) is 0 Å². The first-order valence-electron chi connectivity index (χ1n) is 3.87. The minimum Gasteiger partial charge on any atom is -0.435 e. The molecule has 1 aromatic rings. The molecule has 0 spiro atoms. The summed E-state index contributed by atoms with van der Waals surface area (Å²) in [6, 6.07) is 2.46. The van der Waals surface area contributed by atoms with Gasteiger partial charge in [-0.05, 0) is 0 Å². The highest BCUT2D eigenvalue weighted by atomic mass is 19.4. The van der Waals surface area contributed by atoms with Gasteiger partial charge in [0.15, 0.2) is 0 Å². The Morgan fingerprint density at radius 3 is 2.12 bits per heavy atom. The average Bonchev–Trinajstić information content (AvgIpc) is 1.96. The van der Waals surface area contributed by atoms with Gasteiger partial charge in [0.2, 0.25) is 0 Å². The molecule has 90 valence electrons. The van der Waals surface area contributed by atoms with Crippen molar-refractivity contribution in [3.63, 3.8) is 0 Å². The van der Waals surface area contributed by atoms with E-state index in [2.05, 4.69) is 9.47 Å². The van der Waals surface area contributed by atoms with E-state index in [0.717, 1.165) is 12.1 Å². The van der Waals surface area contributed by atoms with Gasteiger partial charge < -0.3 is 15.2 Å². The fraction of sp³-hybridized carbons (Fsp3) is 0.250. The second-order valence-corrected chi connectivity index (χ2v) is 2.66. The molecule has 0 atom stereocenters. The fourth-order valence-corrected chi connectivity index (χ4v) is 0.957. The van der Waals surface area contributed by atoms with Crippen LogP contribution in [0.25, 0.3) is 0 Å². The minimum absolute atomic E-state index is 0.183. The first kappa shape index (κ1) is 12.3. The van der Waals surface area contributed by atoms with Crippen LogP contribution in [0.3, 0.4) is 0 Å². The normalized spacial score (nSPS) is 11.6. The summed E-state index contributed by atoms with van der Waals surface area (Å²) in [4.78, 5) is 0. The molecule has 1 rings (SSSR count). The van der Waals surface area contributed by atoms with Crippen molar-refractivity contribution < 1.29 is 31.4 Å².